The van der Waals surface area contributed by atoms with Gasteiger partial charge in [0.2, 0.25) is 0 Å². The van der Waals surface area contributed by atoms with E-state index in [2.05, 4.69) is 381 Å². The smallest absolute Gasteiger partial charge is 0.252 e. The minimum absolute atomic E-state index is 0.231. The van der Waals surface area contributed by atoms with E-state index in [-0.39, 0.29) is 13.4 Å². The zero-order valence-corrected chi connectivity index (χ0v) is 55.8. The predicted octanol–water partition coefficient (Wildman–Crippen LogP) is 21.5. The molecule has 0 bridgehead atoms. The second kappa shape index (κ2) is 22.6. The van der Waals surface area contributed by atoms with Crippen LogP contribution in [-0.4, -0.2) is 13.4 Å². The van der Waals surface area contributed by atoms with Gasteiger partial charge in [0, 0.05) is 120 Å². The third kappa shape index (κ3) is 8.57. The number of benzene rings is 15. The van der Waals surface area contributed by atoms with Crippen molar-refractivity contribution in [1.29, 1.82) is 0 Å². The number of thiophene rings is 2. The number of hydrogen-bond acceptors (Lipinski definition) is 8. The molecule has 0 N–H and O–H groups in total. The SMILES string of the molecule is c1ccc(N(c2ccccc2)c2cc3c4c(c2)N(c2ccccc2)c2c(ccc5sc6ccccc6c25)B4c2cc4c(cc2N3c2ccccc2)N(c2ccccc2)c2cc(N(c3ccccc3)c3ccccc3)cc3c2B4c2ccc4sc5ccccc5c4c2N3c2ccccc2)cc1. The van der Waals surface area contributed by atoms with E-state index in [9.17, 15) is 0 Å². The van der Waals surface area contributed by atoms with Crippen LogP contribution in [0.15, 0.2) is 352 Å². The average Bonchev–Trinajstić information content (AvgIpc) is 0.904. The molecule has 0 radical (unpaired) electrons. The van der Waals surface area contributed by atoms with Gasteiger partial charge in [0.15, 0.2) is 0 Å². The maximum absolute atomic E-state index is 2.68. The van der Waals surface area contributed by atoms with Crippen molar-refractivity contribution in [3.05, 3.63) is 352 Å². The number of nitrogens with zero attached hydrogens (tertiary/aromatic N) is 6. The number of anilines is 18. The van der Waals surface area contributed by atoms with Crippen molar-refractivity contribution in [2.45, 2.75) is 0 Å². The first-order valence-electron chi connectivity index (χ1n) is 34.3. The van der Waals surface area contributed by atoms with Crippen molar-refractivity contribution in [3.63, 3.8) is 0 Å². The topological polar surface area (TPSA) is 19.4 Å². The summed E-state index contributed by atoms with van der Waals surface area (Å²) in [4.78, 5) is 15.3. The zero-order valence-electron chi connectivity index (χ0n) is 54.1. The molecule has 0 amide bonds. The summed E-state index contributed by atoms with van der Waals surface area (Å²) in [6.07, 6.45) is 0. The minimum Gasteiger partial charge on any atom is -0.311 e. The largest absolute Gasteiger partial charge is 0.311 e. The Morgan fingerprint density at radius 2 is 0.510 bits per heavy atom. The molecule has 466 valence electrons. The van der Waals surface area contributed by atoms with E-state index in [0.717, 1.165) is 91.0 Å². The molecular formula is C90H58B2N6S2. The molecule has 0 unspecified atom stereocenters. The Kier molecular flexibility index (Phi) is 12.9. The van der Waals surface area contributed by atoms with Crippen LogP contribution in [-0.2, 0) is 0 Å². The molecule has 10 heteroatoms. The van der Waals surface area contributed by atoms with Crippen molar-refractivity contribution in [1.82, 2.24) is 0 Å². The van der Waals surface area contributed by atoms with Crippen molar-refractivity contribution in [2.75, 3.05) is 29.4 Å². The van der Waals surface area contributed by atoms with Gasteiger partial charge in [-0.25, -0.2) is 0 Å². The van der Waals surface area contributed by atoms with Crippen LogP contribution in [0.3, 0.4) is 0 Å². The molecule has 0 fully saturated rings. The lowest BCUT2D eigenvalue weighted by atomic mass is 9.30. The van der Waals surface area contributed by atoms with Gasteiger partial charge in [0.1, 0.15) is 0 Å². The number of rotatable bonds is 10. The van der Waals surface area contributed by atoms with E-state index in [1.165, 1.54) is 84.5 Å². The van der Waals surface area contributed by atoms with Crippen molar-refractivity contribution in [3.8, 4) is 0 Å². The van der Waals surface area contributed by atoms with E-state index in [1.807, 2.05) is 22.7 Å². The summed E-state index contributed by atoms with van der Waals surface area (Å²) in [5.74, 6) is 0. The highest BCUT2D eigenvalue weighted by atomic mass is 32.1. The van der Waals surface area contributed by atoms with Crippen LogP contribution >= 0.6 is 22.7 Å². The molecule has 4 aliphatic rings. The normalized spacial score (nSPS) is 13.1. The maximum atomic E-state index is 2.68. The molecule has 21 rings (SSSR count). The van der Waals surface area contributed by atoms with E-state index >= 15 is 0 Å². The lowest BCUT2D eigenvalue weighted by Gasteiger charge is -2.48. The zero-order chi connectivity index (χ0) is 65.5. The van der Waals surface area contributed by atoms with Gasteiger partial charge < -0.3 is 29.4 Å². The Morgan fingerprint density at radius 3 is 0.850 bits per heavy atom. The lowest BCUT2D eigenvalue weighted by molar-refractivity contribution is 1.22. The molecule has 6 nitrogen and oxygen atoms in total. The van der Waals surface area contributed by atoms with Gasteiger partial charge in [-0.2, -0.15) is 0 Å². The quantitative estimate of drug-likeness (QED) is 0.126. The van der Waals surface area contributed by atoms with E-state index in [4.69, 9.17) is 0 Å². The van der Waals surface area contributed by atoms with Gasteiger partial charge in [-0.15, -0.1) is 22.7 Å². The number of fused-ring (bicyclic) bond motifs is 16. The molecule has 15 aromatic carbocycles. The molecule has 0 saturated heterocycles. The van der Waals surface area contributed by atoms with Crippen LogP contribution in [0.5, 0.6) is 0 Å². The third-order valence-electron chi connectivity index (χ3n) is 20.9. The van der Waals surface area contributed by atoms with Gasteiger partial charge in [-0.05, 0) is 184 Å². The Labute approximate surface area is 588 Å². The lowest BCUT2D eigenvalue weighted by Crippen LogP contribution is -2.65. The number of para-hydroxylation sites is 8. The Balaban J connectivity index is 0.928. The summed E-state index contributed by atoms with van der Waals surface area (Å²) in [6.45, 7) is -0.463. The molecule has 17 aromatic rings. The van der Waals surface area contributed by atoms with Crippen LogP contribution in [0.1, 0.15) is 0 Å². The Morgan fingerprint density at radius 1 is 0.220 bits per heavy atom. The van der Waals surface area contributed by atoms with Crippen LogP contribution in [0, 0.1) is 0 Å². The first kappa shape index (κ1) is 56.8. The van der Waals surface area contributed by atoms with Gasteiger partial charge in [-0.3, -0.25) is 0 Å². The highest BCUT2D eigenvalue weighted by Gasteiger charge is 2.50. The molecule has 0 spiro atoms. The molecule has 6 heterocycles. The summed E-state index contributed by atoms with van der Waals surface area (Å²) >= 11 is 3.77. The highest BCUT2D eigenvalue weighted by molar-refractivity contribution is 7.26. The molecule has 0 aliphatic carbocycles. The van der Waals surface area contributed by atoms with E-state index in [0.29, 0.717) is 0 Å². The molecule has 0 saturated carbocycles. The molecule has 4 aliphatic heterocycles. The van der Waals surface area contributed by atoms with Crippen molar-refractivity contribution >= 4 is 212 Å². The second-order valence-corrected chi connectivity index (χ2v) is 28.4. The molecule has 0 atom stereocenters. The summed E-state index contributed by atoms with van der Waals surface area (Å²) in [5.41, 5.74) is 27.5. The van der Waals surface area contributed by atoms with Gasteiger partial charge in [-0.1, -0.05) is 200 Å². The summed E-state index contributed by atoms with van der Waals surface area (Å²) in [7, 11) is 0. The Bertz CT molecular complexity index is 5630. The van der Waals surface area contributed by atoms with Crippen LogP contribution in [0.4, 0.5) is 102 Å². The first-order valence-corrected chi connectivity index (χ1v) is 35.9. The molecule has 100 heavy (non-hydrogen) atoms. The van der Waals surface area contributed by atoms with Gasteiger partial charge in [0.05, 0.1) is 22.7 Å². The number of hydrogen-bond donors (Lipinski definition) is 0. The van der Waals surface area contributed by atoms with Gasteiger partial charge in [0.25, 0.3) is 13.4 Å². The summed E-state index contributed by atoms with van der Waals surface area (Å²) < 4.78 is 5.07. The average molecular weight is 1310 g/mol. The third-order valence-corrected chi connectivity index (χ3v) is 23.1. The van der Waals surface area contributed by atoms with Crippen LogP contribution in [0.25, 0.3) is 40.3 Å². The van der Waals surface area contributed by atoms with Crippen molar-refractivity contribution in [2.24, 2.45) is 0 Å². The molecule has 2 aromatic heterocycles. The second-order valence-electron chi connectivity index (χ2n) is 26.3. The molecular weight excluding hydrogens is 1250 g/mol. The monoisotopic (exact) mass is 1310 g/mol. The first-order chi connectivity index (χ1) is 49.7. The Hall–Kier alpha value is -12.3. The predicted molar refractivity (Wildman–Crippen MR) is 430 cm³/mol. The van der Waals surface area contributed by atoms with E-state index < -0.39 is 0 Å². The van der Waals surface area contributed by atoms with E-state index in [1.54, 1.807) is 0 Å². The van der Waals surface area contributed by atoms with Gasteiger partial charge >= 0.3 is 0 Å². The minimum atomic E-state index is -0.231. The van der Waals surface area contributed by atoms with Crippen LogP contribution in [0.2, 0.25) is 0 Å². The van der Waals surface area contributed by atoms with Crippen molar-refractivity contribution < 1.29 is 0 Å². The standard InChI is InChI=1S/C90H58B2N6S2/c1-9-29-59(30-10-1)93(60-31-11-2-12-32-60)67-53-77-87-79(55-67)97(65-41-21-7-22-42-65)89-71(49-51-83-85(89)69-45-25-27-47-81(69)99-83)91(87)73-57-74-76(58-75(73)95(77)63-37-17-5-18-38-63)96(64-39-19-6-20-40-64)78-54-68(94(61-33-13-3-14-34-61)62-35-15-4-16-36-62)56-80-88(78)92(74)72-50-52-84-86(70-46-26-28-48-82(70)100-84)90(72)98(80)66-43-23-8-24-44-66/h1-58H. The maximum Gasteiger partial charge on any atom is 0.252 e. The summed E-state index contributed by atoms with van der Waals surface area (Å²) in [6, 6.07) is 131. The van der Waals surface area contributed by atoms with Crippen LogP contribution < -0.4 is 62.2 Å². The fourth-order valence-electron chi connectivity index (χ4n) is 16.9. The fraction of sp³-hybridized carbons (Fsp3) is 0. The summed E-state index contributed by atoms with van der Waals surface area (Å²) in [5, 5.41) is 5.06. The fourth-order valence-corrected chi connectivity index (χ4v) is 19.1. The highest BCUT2D eigenvalue weighted by Crippen LogP contribution is 2.55.